The van der Waals surface area contributed by atoms with Crippen LogP contribution in [-0.2, 0) is 9.53 Å². The first kappa shape index (κ1) is 19.7. The van der Waals surface area contributed by atoms with Gasteiger partial charge in [-0.25, -0.2) is 4.79 Å². The molecule has 0 aromatic rings. The number of hydrogen-bond acceptors (Lipinski definition) is 2. The van der Waals surface area contributed by atoms with Crippen LogP contribution in [-0.4, -0.2) is 12.6 Å². The molecule has 120 valence electrons. The molecule has 0 amide bonds. The first-order chi connectivity index (χ1) is 9.70. The van der Waals surface area contributed by atoms with Crippen LogP contribution >= 0.6 is 0 Å². The molecule has 2 nitrogen and oxygen atoms in total. The smallest absolute Gasteiger partial charge is 0.331 e. The third kappa shape index (κ3) is 7.31. The summed E-state index contributed by atoms with van der Waals surface area (Å²) in [5.41, 5.74) is 6.45. The normalized spacial score (nSPS) is 14.4. The molecule has 0 aliphatic rings. The first-order valence-electron chi connectivity index (χ1n) is 7.86. The summed E-state index contributed by atoms with van der Waals surface area (Å²) in [7, 11) is 0. The predicted molar refractivity (Wildman–Crippen MR) is 91.2 cm³/mol. The summed E-state index contributed by atoms with van der Waals surface area (Å²) in [5.74, 6) is 0.264. The molecule has 0 aliphatic carbocycles. The molecule has 0 radical (unpaired) electrons. The molecular weight excluding hydrogens is 260 g/mol. The summed E-state index contributed by atoms with van der Waals surface area (Å²) in [4.78, 5) is 11.5. The molecular formula is C19H32O2. The van der Waals surface area contributed by atoms with Gasteiger partial charge in [0.1, 0.15) is 0 Å². The zero-order chi connectivity index (χ0) is 16.6. The highest BCUT2D eigenvalue weighted by Gasteiger charge is 2.10. The lowest BCUT2D eigenvalue weighted by Crippen LogP contribution is -2.04. The fraction of sp³-hybridized carbons (Fsp3) is 0.632. The Bertz CT molecular complexity index is 446. The van der Waals surface area contributed by atoms with Gasteiger partial charge in [-0.05, 0) is 78.4 Å². The fourth-order valence-electron chi connectivity index (χ4n) is 2.05. The van der Waals surface area contributed by atoms with Crippen LogP contribution in [0, 0.1) is 5.92 Å². The van der Waals surface area contributed by atoms with Gasteiger partial charge in [0.25, 0.3) is 0 Å². The lowest BCUT2D eigenvalue weighted by Gasteiger charge is -2.17. The van der Waals surface area contributed by atoms with Gasteiger partial charge in [-0.3, -0.25) is 0 Å². The van der Waals surface area contributed by atoms with Crippen LogP contribution in [0.15, 0.2) is 33.9 Å². The van der Waals surface area contributed by atoms with Crippen LogP contribution in [0.1, 0.15) is 68.2 Å². The monoisotopic (exact) mass is 292 g/mol. The van der Waals surface area contributed by atoms with E-state index in [4.69, 9.17) is 4.74 Å². The highest BCUT2D eigenvalue weighted by atomic mass is 16.5. The molecule has 0 N–H and O–H groups in total. The summed E-state index contributed by atoms with van der Waals surface area (Å²) in [5, 5.41) is 0. The second kappa shape index (κ2) is 9.59. The molecule has 0 aliphatic heterocycles. The van der Waals surface area contributed by atoms with E-state index in [1.54, 1.807) is 6.08 Å². The minimum atomic E-state index is -0.254. The Balaban J connectivity index is 4.88. The van der Waals surface area contributed by atoms with Gasteiger partial charge in [0, 0.05) is 6.08 Å². The van der Waals surface area contributed by atoms with Gasteiger partial charge in [0.2, 0.25) is 0 Å². The Labute approximate surface area is 131 Å². The number of hydrogen-bond donors (Lipinski definition) is 0. The minimum absolute atomic E-state index is 0.254. The maximum absolute atomic E-state index is 11.5. The molecule has 0 bridgehead atoms. The lowest BCUT2D eigenvalue weighted by molar-refractivity contribution is -0.137. The third-order valence-corrected chi connectivity index (χ3v) is 4.35. The highest BCUT2D eigenvalue weighted by Crippen LogP contribution is 2.25. The van der Waals surface area contributed by atoms with Crippen molar-refractivity contribution in [3.63, 3.8) is 0 Å². The number of rotatable bonds is 7. The van der Waals surface area contributed by atoms with E-state index in [0.29, 0.717) is 12.5 Å². The molecule has 0 aromatic carbocycles. The average molecular weight is 292 g/mol. The Morgan fingerprint density at radius 3 is 2.14 bits per heavy atom. The van der Waals surface area contributed by atoms with Crippen LogP contribution < -0.4 is 0 Å². The van der Waals surface area contributed by atoms with Gasteiger partial charge in [0.15, 0.2) is 0 Å². The molecule has 1 unspecified atom stereocenters. The van der Waals surface area contributed by atoms with Crippen LogP contribution in [0.2, 0.25) is 0 Å². The van der Waals surface area contributed by atoms with E-state index in [9.17, 15) is 4.79 Å². The van der Waals surface area contributed by atoms with E-state index < -0.39 is 0 Å². The summed E-state index contributed by atoms with van der Waals surface area (Å²) in [6.07, 6.45) is 3.87. The van der Waals surface area contributed by atoms with Crippen LogP contribution in [0.25, 0.3) is 0 Å². The standard InChI is InChI=1S/C19H32O2/c1-9-21-19(20)12-16(6)18(8)17(7)15(5)11-10-14(4)13(2)3/h12,15H,9-11H2,1-8H3/b16-12+,18-17+. The van der Waals surface area contributed by atoms with Crippen molar-refractivity contribution >= 4 is 5.97 Å². The van der Waals surface area contributed by atoms with E-state index >= 15 is 0 Å². The van der Waals surface area contributed by atoms with Crippen molar-refractivity contribution in [2.75, 3.05) is 6.61 Å². The Morgan fingerprint density at radius 2 is 1.67 bits per heavy atom. The van der Waals surface area contributed by atoms with Gasteiger partial charge >= 0.3 is 5.97 Å². The van der Waals surface area contributed by atoms with Crippen LogP contribution in [0.4, 0.5) is 0 Å². The summed E-state index contributed by atoms with van der Waals surface area (Å²) in [6, 6.07) is 0. The fourth-order valence-corrected chi connectivity index (χ4v) is 2.05. The van der Waals surface area contributed by atoms with E-state index in [2.05, 4.69) is 41.5 Å². The van der Waals surface area contributed by atoms with Crippen molar-refractivity contribution in [2.45, 2.75) is 68.2 Å². The molecule has 0 fully saturated rings. The lowest BCUT2D eigenvalue weighted by atomic mass is 9.89. The number of esters is 1. The molecule has 0 spiro atoms. The molecule has 0 heterocycles. The second-order valence-corrected chi connectivity index (χ2v) is 6.11. The molecule has 2 heteroatoms. The highest BCUT2D eigenvalue weighted by molar-refractivity contribution is 5.83. The van der Waals surface area contributed by atoms with Crippen LogP contribution in [0.3, 0.4) is 0 Å². The third-order valence-electron chi connectivity index (χ3n) is 4.35. The predicted octanol–water partition coefficient (Wildman–Crippen LogP) is 5.60. The van der Waals surface area contributed by atoms with E-state index in [-0.39, 0.29) is 5.97 Å². The second-order valence-electron chi connectivity index (χ2n) is 6.11. The molecule has 0 saturated carbocycles. The Hall–Kier alpha value is -1.31. The Kier molecular flexibility index (Phi) is 9.00. The van der Waals surface area contributed by atoms with Gasteiger partial charge in [-0.2, -0.15) is 0 Å². The molecule has 1 atom stereocenters. The van der Waals surface area contributed by atoms with E-state index in [1.807, 2.05) is 13.8 Å². The first-order valence-corrected chi connectivity index (χ1v) is 7.86. The largest absolute Gasteiger partial charge is 0.463 e. The topological polar surface area (TPSA) is 26.3 Å². The number of carbonyl (C=O) groups is 1. The van der Waals surface area contributed by atoms with E-state index in [1.165, 1.54) is 22.3 Å². The molecule has 0 aromatic heterocycles. The van der Waals surface area contributed by atoms with Crippen molar-refractivity contribution in [3.05, 3.63) is 33.9 Å². The molecule has 0 rings (SSSR count). The Morgan fingerprint density at radius 1 is 1.10 bits per heavy atom. The van der Waals surface area contributed by atoms with Crippen molar-refractivity contribution < 1.29 is 9.53 Å². The van der Waals surface area contributed by atoms with E-state index in [0.717, 1.165) is 18.4 Å². The maximum atomic E-state index is 11.5. The SMILES string of the molecule is CCOC(=O)/C=C(C)/C(C)=C(\C)C(C)CCC(C)=C(C)C. The zero-order valence-corrected chi connectivity index (χ0v) is 15.1. The van der Waals surface area contributed by atoms with Gasteiger partial charge < -0.3 is 4.74 Å². The number of carbonyl (C=O) groups excluding carboxylic acids is 1. The van der Waals surface area contributed by atoms with Gasteiger partial charge in [0.05, 0.1) is 6.61 Å². The van der Waals surface area contributed by atoms with Crippen molar-refractivity contribution in [2.24, 2.45) is 5.92 Å². The number of ether oxygens (including phenoxy) is 1. The summed E-state index contributed by atoms with van der Waals surface area (Å²) >= 11 is 0. The van der Waals surface area contributed by atoms with Crippen molar-refractivity contribution in [1.29, 1.82) is 0 Å². The van der Waals surface area contributed by atoms with Gasteiger partial charge in [-0.15, -0.1) is 0 Å². The zero-order valence-electron chi connectivity index (χ0n) is 15.1. The molecule has 21 heavy (non-hydrogen) atoms. The van der Waals surface area contributed by atoms with Crippen molar-refractivity contribution in [3.8, 4) is 0 Å². The summed E-state index contributed by atoms with van der Waals surface area (Å²) in [6.45, 7) is 17.3. The van der Waals surface area contributed by atoms with Crippen molar-refractivity contribution in [1.82, 2.24) is 0 Å². The minimum Gasteiger partial charge on any atom is -0.463 e. The molecule has 0 saturated heterocycles. The van der Waals surface area contributed by atoms with Crippen LogP contribution in [0.5, 0.6) is 0 Å². The summed E-state index contributed by atoms with van der Waals surface area (Å²) < 4.78 is 4.96. The maximum Gasteiger partial charge on any atom is 0.331 e. The average Bonchev–Trinajstić information content (AvgIpc) is 2.42. The quantitative estimate of drug-likeness (QED) is 0.264. The van der Waals surface area contributed by atoms with Gasteiger partial charge in [-0.1, -0.05) is 23.6 Å². The number of allylic oxidation sites excluding steroid dienone is 5.